The number of esters is 1. The minimum Gasteiger partial charge on any atom is -0.493 e. The highest BCUT2D eigenvalue weighted by Crippen LogP contribution is 2.34. The molecule has 0 fully saturated rings. The molecule has 0 aliphatic carbocycles. The molecule has 128 valence electrons. The molecular formula is C18H13F2NO4. The van der Waals surface area contributed by atoms with E-state index >= 15 is 0 Å². The minimum absolute atomic E-state index is 0.0220. The molecule has 0 N–H and O–H groups in total. The van der Waals surface area contributed by atoms with Gasteiger partial charge in [0, 0.05) is 11.1 Å². The second-order valence-electron chi connectivity index (χ2n) is 4.96. The van der Waals surface area contributed by atoms with Crippen LogP contribution in [-0.2, 0) is 9.53 Å². The number of carbonyl (C=O) groups is 1. The molecule has 0 radical (unpaired) electrons. The van der Waals surface area contributed by atoms with E-state index < -0.39 is 12.6 Å². The zero-order chi connectivity index (χ0) is 17.8. The maximum Gasteiger partial charge on any atom is 0.387 e. The Morgan fingerprint density at radius 2 is 1.88 bits per heavy atom. The number of halogens is 2. The molecule has 5 nitrogen and oxygen atoms in total. The standard InChI is InChI=1S/C18H13F2NO4/c1-23-14-9-5-8-12(15(14)24-18(19)20)10-13-17(22)25-16(21-13)11-6-3-2-4-7-11/h2-10,18H,1H3. The Morgan fingerprint density at radius 1 is 1.12 bits per heavy atom. The van der Waals surface area contributed by atoms with E-state index in [9.17, 15) is 13.6 Å². The number of ether oxygens (including phenoxy) is 3. The summed E-state index contributed by atoms with van der Waals surface area (Å²) < 4.78 is 40.0. The van der Waals surface area contributed by atoms with Crippen LogP contribution >= 0.6 is 0 Å². The van der Waals surface area contributed by atoms with Crippen molar-refractivity contribution in [2.24, 2.45) is 4.99 Å². The van der Waals surface area contributed by atoms with Gasteiger partial charge >= 0.3 is 12.6 Å². The molecule has 0 saturated carbocycles. The Kier molecular flexibility index (Phi) is 4.74. The maximum absolute atomic E-state index is 12.7. The Hall–Kier alpha value is -3.22. The van der Waals surface area contributed by atoms with E-state index in [1.165, 1.54) is 25.3 Å². The van der Waals surface area contributed by atoms with Crippen molar-refractivity contribution >= 4 is 17.9 Å². The van der Waals surface area contributed by atoms with Crippen LogP contribution in [0, 0.1) is 0 Å². The van der Waals surface area contributed by atoms with E-state index in [0.29, 0.717) is 5.56 Å². The normalized spacial score (nSPS) is 15.3. The van der Waals surface area contributed by atoms with Gasteiger partial charge in [-0.05, 0) is 24.3 Å². The van der Waals surface area contributed by atoms with Crippen molar-refractivity contribution in [1.82, 2.24) is 0 Å². The third-order valence-electron chi connectivity index (χ3n) is 3.37. The molecule has 0 atom stereocenters. The summed E-state index contributed by atoms with van der Waals surface area (Å²) in [6, 6.07) is 13.4. The number of hydrogen-bond donors (Lipinski definition) is 0. The van der Waals surface area contributed by atoms with Crippen LogP contribution in [0.25, 0.3) is 6.08 Å². The number of cyclic esters (lactones) is 1. The molecule has 0 saturated heterocycles. The quantitative estimate of drug-likeness (QED) is 0.613. The van der Waals surface area contributed by atoms with Gasteiger partial charge in [-0.2, -0.15) is 8.78 Å². The summed E-state index contributed by atoms with van der Waals surface area (Å²) in [5, 5.41) is 0. The first-order valence-electron chi connectivity index (χ1n) is 7.28. The Labute approximate surface area is 142 Å². The van der Waals surface area contributed by atoms with E-state index in [2.05, 4.69) is 9.73 Å². The first-order chi connectivity index (χ1) is 12.1. The Bertz CT molecular complexity index is 847. The van der Waals surface area contributed by atoms with Gasteiger partial charge < -0.3 is 14.2 Å². The lowest BCUT2D eigenvalue weighted by molar-refractivity contribution is -0.129. The van der Waals surface area contributed by atoms with Gasteiger partial charge in [0.1, 0.15) is 0 Å². The zero-order valence-electron chi connectivity index (χ0n) is 13.1. The van der Waals surface area contributed by atoms with Crippen LogP contribution in [0.15, 0.2) is 59.2 Å². The average Bonchev–Trinajstić information content (AvgIpc) is 2.97. The first-order valence-corrected chi connectivity index (χ1v) is 7.28. The Balaban J connectivity index is 2.00. The maximum atomic E-state index is 12.7. The van der Waals surface area contributed by atoms with Crippen molar-refractivity contribution in [1.29, 1.82) is 0 Å². The van der Waals surface area contributed by atoms with Crippen LogP contribution in [-0.4, -0.2) is 25.6 Å². The molecule has 1 heterocycles. The molecule has 2 aromatic rings. The molecular weight excluding hydrogens is 332 g/mol. The summed E-state index contributed by atoms with van der Waals surface area (Å²) in [5.74, 6) is -0.585. The van der Waals surface area contributed by atoms with Crippen LogP contribution in [0.2, 0.25) is 0 Å². The molecule has 0 bridgehead atoms. The number of hydrogen-bond acceptors (Lipinski definition) is 5. The van der Waals surface area contributed by atoms with E-state index in [0.717, 1.165) is 0 Å². The summed E-state index contributed by atoms with van der Waals surface area (Å²) in [6.45, 7) is -3.03. The summed E-state index contributed by atoms with van der Waals surface area (Å²) >= 11 is 0. The molecule has 2 aromatic carbocycles. The van der Waals surface area contributed by atoms with Crippen LogP contribution in [0.1, 0.15) is 11.1 Å². The lowest BCUT2D eigenvalue weighted by Gasteiger charge is -2.12. The van der Waals surface area contributed by atoms with Gasteiger partial charge in [0.2, 0.25) is 5.90 Å². The summed E-state index contributed by atoms with van der Waals surface area (Å²) in [7, 11) is 1.33. The number of alkyl halides is 2. The van der Waals surface area contributed by atoms with Crippen molar-refractivity contribution < 1.29 is 27.8 Å². The zero-order valence-corrected chi connectivity index (χ0v) is 13.1. The number of rotatable bonds is 5. The van der Waals surface area contributed by atoms with Crippen LogP contribution in [0.4, 0.5) is 8.78 Å². The largest absolute Gasteiger partial charge is 0.493 e. The van der Waals surface area contributed by atoms with Crippen molar-refractivity contribution in [3.63, 3.8) is 0 Å². The number of nitrogens with zero attached hydrogens (tertiary/aromatic N) is 1. The molecule has 1 aliphatic rings. The number of aliphatic imine (C=N–C) groups is 1. The summed E-state index contributed by atoms with van der Waals surface area (Å²) in [6.07, 6.45) is 1.32. The van der Waals surface area contributed by atoms with E-state index in [1.54, 1.807) is 30.3 Å². The highest BCUT2D eigenvalue weighted by molar-refractivity contribution is 6.12. The lowest BCUT2D eigenvalue weighted by atomic mass is 10.1. The third kappa shape index (κ3) is 3.65. The number of para-hydroxylation sites is 1. The van der Waals surface area contributed by atoms with Gasteiger partial charge in [0.25, 0.3) is 0 Å². The van der Waals surface area contributed by atoms with Gasteiger partial charge in [-0.25, -0.2) is 9.79 Å². The van der Waals surface area contributed by atoms with Gasteiger partial charge in [-0.3, -0.25) is 0 Å². The SMILES string of the molecule is COc1cccc(C=C2N=C(c3ccccc3)OC2=O)c1OC(F)F. The minimum atomic E-state index is -3.03. The second-order valence-corrected chi connectivity index (χ2v) is 4.96. The smallest absolute Gasteiger partial charge is 0.387 e. The van der Waals surface area contributed by atoms with Crippen molar-refractivity contribution in [2.75, 3.05) is 7.11 Å². The van der Waals surface area contributed by atoms with Crippen LogP contribution in [0.3, 0.4) is 0 Å². The third-order valence-corrected chi connectivity index (χ3v) is 3.37. The molecule has 1 aliphatic heterocycles. The topological polar surface area (TPSA) is 57.1 Å². The van der Waals surface area contributed by atoms with Gasteiger partial charge in [-0.1, -0.05) is 30.3 Å². The predicted octanol–water partition coefficient (Wildman–Crippen LogP) is 3.64. The van der Waals surface area contributed by atoms with Gasteiger partial charge in [0.05, 0.1) is 7.11 Å². The molecule has 3 rings (SSSR count). The van der Waals surface area contributed by atoms with E-state index in [-0.39, 0.29) is 28.7 Å². The summed E-state index contributed by atoms with van der Waals surface area (Å²) in [4.78, 5) is 16.2. The molecule has 0 aromatic heterocycles. The van der Waals surface area contributed by atoms with Crippen molar-refractivity contribution in [2.45, 2.75) is 6.61 Å². The van der Waals surface area contributed by atoms with Crippen molar-refractivity contribution in [3.8, 4) is 11.5 Å². The number of methoxy groups -OCH3 is 1. The Morgan fingerprint density at radius 3 is 2.56 bits per heavy atom. The fraction of sp³-hybridized carbons (Fsp3) is 0.111. The molecule has 0 unspecified atom stereocenters. The number of benzene rings is 2. The average molecular weight is 345 g/mol. The monoisotopic (exact) mass is 345 g/mol. The van der Waals surface area contributed by atoms with Crippen LogP contribution in [0.5, 0.6) is 11.5 Å². The molecule has 7 heteroatoms. The predicted molar refractivity (Wildman–Crippen MR) is 86.7 cm³/mol. The fourth-order valence-electron chi connectivity index (χ4n) is 2.28. The van der Waals surface area contributed by atoms with Gasteiger partial charge in [0.15, 0.2) is 17.2 Å². The van der Waals surface area contributed by atoms with E-state index in [4.69, 9.17) is 9.47 Å². The first kappa shape index (κ1) is 16.6. The second kappa shape index (κ2) is 7.12. The lowest BCUT2D eigenvalue weighted by Crippen LogP contribution is -2.06. The van der Waals surface area contributed by atoms with Crippen molar-refractivity contribution in [3.05, 3.63) is 65.4 Å². The van der Waals surface area contributed by atoms with E-state index in [1.807, 2.05) is 6.07 Å². The molecule has 0 amide bonds. The highest BCUT2D eigenvalue weighted by Gasteiger charge is 2.25. The fourth-order valence-corrected chi connectivity index (χ4v) is 2.28. The van der Waals surface area contributed by atoms with Gasteiger partial charge in [-0.15, -0.1) is 0 Å². The highest BCUT2D eigenvalue weighted by atomic mass is 19.3. The molecule has 0 spiro atoms. The molecule has 25 heavy (non-hydrogen) atoms. The summed E-state index contributed by atoms with van der Waals surface area (Å²) in [5.41, 5.74) is 0.838. The number of carbonyl (C=O) groups excluding carboxylic acids is 1. The van der Waals surface area contributed by atoms with Crippen LogP contribution < -0.4 is 9.47 Å².